The van der Waals surface area contributed by atoms with Gasteiger partial charge in [-0.15, -0.1) is 0 Å². The average Bonchev–Trinajstić information content (AvgIpc) is 2.56. The minimum atomic E-state index is 0.444. The van der Waals surface area contributed by atoms with Gasteiger partial charge in [-0.05, 0) is 43.5 Å². The maximum atomic E-state index is 4.48. The second-order valence-electron chi connectivity index (χ2n) is 6.34. The van der Waals surface area contributed by atoms with Crippen molar-refractivity contribution < 1.29 is 0 Å². The Morgan fingerprint density at radius 3 is 2.81 bits per heavy atom. The number of hydrogen-bond donors (Lipinski definition) is 1. The monoisotopic (exact) mass is 282 g/mol. The van der Waals surface area contributed by atoms with E-state index in [9.17, 15) is 0 Å². The van der Waals surface area contributed by atoms with Crippen molar-refractivity contribution in [2.45, 2.75) is 51.0 Å². The van der Waals surface area contributed by atoms with Gasteiger partial charge in [0.15, 0.2) is 0 Å². The smallest absolute Gasteiger partial charge is 0.0705 e. The summed E-state index contributed by atoms with van der Waals surface area (Å²) in [5.74, 6) is 0.947. The van der Waals surface area contributed by atoms with Gasteiger partial charge >= 0.3 is 0 Å². The summed E-state index contributed by atoms with van der Waals surface area (Å²) in [5, 5.41) is 4.82. The summed E-state index contributed by atoms with van der Waals surface area (Å²) in [6, 6.07) is 11.2. The zero-order chi connectivity index (χ0) is 14.5. The third-order valence-corrected chi connectivity index (χ3v) is 4.99. The summed E-state index contributed by atoms with van der Waals surface area (Å²) in [6.07, 6.45) is 11.7. The van der Waals surface area contributed by atoms with E-state index in [-0.39, 0.29) is 0 Å². The highest BCUT2D eigenvalue weighted by atomic mass is 14.9. The molecule has 0 amide bonds. The predicted octanol–water partition coefficient (Wildman–Crippen LogP) is 4.86. The first kappa shape index (κ1) is 14.5. The third kappa shape index (κ3) is 3.44. The van der Waals surface area contributed by atoms with Gasteiger partial charge in [-0.25, -0.2) is 0 Å². The molecule has 1 aliphatic carbocycles. The van der Waals surface area contributed by atoms with Crippen LogP contribution in [0.1, 0.15) is 56.6 Å². The van der Waals surface area contributed by atoms with Crippen LogP contribution in [0.2, 0.25) is 0 Å². The Kier molecular flexibility index (Phi) is 4.87. The maximum Gasteiger partial charge on any atom is 0.0705 e. The van der Waals surface area contributed by atoms with E-state index < -0.39 is 0 Å². The molecule has 1 aromatic carbocycles. The molecular formula is C19H26N2. The molecule has 1 N–H and O–H groups in total. The normalized spacial score (nSPS) is 18.0. The molecule has 1 saturated carbocycles. The van der Waals surface area contributed by atoms with Gasteiger partial charge in [-0.1, -0.05) is 50.3 Å². The van der Waals surface area contributed by atoms with Crippen LogP contribution in [0.4, 0.5) is 0 Å². The van der Waals surface area contributed by atoms with E-state index in [0.717, 1.165) is 11.4 Å². The van der Waals surface area contributed by atoms with Crippen molar-refractivity contribution in [2.24, 2.45) is 5.92 Å². The molecule has 1 unspecified atom stereocenters. The molecule has 2 aromatic rings. The van der Waals surface area contributed by atoms with Gasteiger partial charge in [0.2, 0.25) is 0 Å². The van der Waals surface area contributed by atoms with Crippen molar-refractivity contribution in [3.05, 3.63) is 42.1 Å². The van der Waals surface area contributed by atoms with Crippen LogP contribution < -0.4 is 5.32 Å². The first-order valence-corrected chi connectivity index (χ1v) is 8.39. The van der Waals surface area contributed by atoms with Crippen molar-refractivity contribution in [1.82, 2.24) is 10.3 Å². The lowest BCUT2D eigenvalue weighted by atomic mass is 9.84. The number of fused-ring (bicyclic) bond motifs is 1. The molecule has 0 aliphatic heterocycles. The number of aromatic nitrogens is 1. The number of pyridine rings is 1. The number of rotatable bonds is 5. The van der Waals surface area contributed by atoms with Gasteiger partial charge in [-0.3, -0.25) is 4.98 Å². The molecule has 1 heterocycles. The van der Waals surface area contributed by atoms with Crippen LogP contribution in [0.15, 0.2) is 36.5 Å². The highest BCUT2D eigenvalue weighted by Gasteiger charge is 2.17. The summed E-state index contributed by atoms with van der Waals surface area (Å²) in [5.41, 5.74) is 2.51. The fraction of sp³-hybridized carbons (Fsp3) is 0.526. The zero-order valence-electron chi connectivity index (χ0n) is 13.0. The highest BCUT2D eigenvalue weighted by Crippen LogP contribution is 2.32. The second-order valence-corrected chi connectivity index (χ2v) is 6.34. The van der Waals surface area contributed by atoms with Crippen LogP contribution in [0.25, 0.3) is 10.9 Å². The maximum absolute atomic E-state index is 4.48. The summed E-state index contributed by atoms with van der Waals surface area (Å²) in [4.78, 5) is 4.48. The fourth-order valence-electron chi connectivity index (χ4n) is 3.76. The lowest BCUT2D eigenvalue weighted by Crippen LogP contribution is -2.18. The molecule has 0 saturated heterocycles. The number of nitrogens with one attached hydrogen (secondary N) is 1. The van der Waals surface area contributed by atoms with E-state index in [2.05, 4.69) is 41.6 Å². The van der Waals surface area contributed by atoms with Gasteiger partial charge in [0.25, 0.3) is 0 Å². The van der Waals surface area contributed by atoms with E-state index >= 15 is 0 Å². The minimum Gasteiger partial charge on any atom is -0.313 e. The SMILES string of the molecule is CNC(CCC1CCCCC1)c1cccc2ncccc12. The largest absolute Gasteiger partial charge is 0.313 e. The second kappa shape index (κ2) is 7.04. The van der Waals surface area contributed by atoms with Crippen LogP contribution in [0.5, 0.6) is 0 Å². The fourth-order valence-corrected chi connectivity index (χ4v) is 3.76. The van der Waals surface area contributed by atoms with Crippen molar-refractivity contribution in [2.75, 3.05) is 7.05 Å². The molecule has 112 valence electrons. The van der Waals surface area contributed by atoms with E-state index in [1.807, 2.05) is 12.3 Å². The average molecular weight is 282 g/mol. The molecule has 21 heavy (non-hydrogen) atoms. The van der Waals surface area contributed by atoms with Crippen molar-refractivity contribution in [3.63, 3.8) is 0 Å². The summed E-state index contributed by atoms with van der Waals surface area (Å²) < 4.78 is 0. The van der Waals surface area contributed by atoms with Crippen molar-refractivity contribution >= 4 is 10.9 Å². The number of benzene rings is 1. The number of hydrogen-bond acceptors (Lipinski definition) is 2. The molecule has 1 atom stereocenters. The molecule has 1 fully saturated rings. The van der Waals surface area contributed by atoms with E-state index in [0.29, 0.717) is 6.04 Å². The van der Waals surface area contributed by atoms with Crippen LogP contribution in [0.3, 0.4) is 0 Å². The Morgan fingerprint density at radius 1 is 1.14 bits per heavy atom. The first-order chi connectivity index (χ1) is 10.4. The number of nitrogens with zero attached hydrogens (tertiary/aromatic N) is 1. The zero-order valence-corrected chi connectivity index (χ0v) is 13.0. The van der Waals surface area contributed by atoms with Crippen LogP contribution in [-0.2, 0) is 0 Å². The predicted molar refractivity (Wildman–Crippen MR) is 89.4 cm³/mol. The van der Waals surface area contributed by atoms with Gasteiger partial charge in [0.1, 0.15) is 0 Å². The standard InChI is InChI=1S/C19H26N2/c1-20-18(13-12-15-7-3-2-4-8-15)16-9-5-11-19-17(16)10-6-14-21-19/h5-6,9-11,14-15,18,20H,2-4,7-8,12-13H2,1H3. The summed E-state index contributed by atoms with van der Waals surface area (Å²) in [7, 11) is 2.08. The van der Waals surface area contributed by atoms with Gasteiger partial charge < -0.3 is 5.32 Å². The highest BCUT2D eigenvalue weighted by molar-refractivity contribution is 5.82. The minimum absolute atomic E-state index is 0.444. The Hall–Kier alpha value is -1.41. The van der Waals surface area contributed by atoms with Crippen LogP contribution >= 0.6 is 0 Å². The van der Waals surface area contributed by atoms with E-state index in [1.165, 1.54) is 55.9 Å². The molecule has 0 bridgehead atoms. The Balaban J connectivity index is 1.75. The Morgan fingerprint density at radius 2 is 2.00 bits per heavy atom. The van der Waals surface area contributed by atoms with Crippen LogP contribution in [-0.4, -0.2) is 12.0 Å². The van der Waals surface area contributed by atoms with Gasteiger partial charge in [0, 0.05) is 17.6 Å². The van der Waals surface area contributed by atoms with Gasteiger partial charge in [-0.2, -0.15) is 0 Å². The van der Waals surface area contributed by atoms with Gasteiger partial charge in [0.05, 0.1) is 5.52 Å². The Labute approximate surface area is 128 Å². The molecule has 0 spiro atoms. The molecular weight excluding hydrogens is 256 g/mol. The molecule has 0 radical (unpaired) electrons. The molecule has 2 nitrogen and oxygen atoms in total. The summed E-state index contributed by atoms with van der Waals surface area (Å²) >= 11 is 0. The first-order valence-electron chi connectivity index (χ1n) is 8.39. The van der Waals surface area contributed by atoms with Crippen molar-refractivity contribution in [3.8, 4) is 0 Å². The quantitative estimate of drug-likeness (QED) is 0.847. The van der Waals surface area contributed by atoms with E-state index in [4.69, 9.17) is 0 Å². The van der Waals surface area contributed by atoms with Crippen LogP contribution in [0, 0.1) is 5.92 Å². The molecule has 1 aliphatic rings. The van der Waals surface area contributed by atoms with E-state index in [1.54, 1.807) is 0 Å². The molecule has 1 aromatic heterocycles. The third-order valence-electron chi connectivity index (χ3n) is 4.99. The Bertz CT molecular complexity index is 567. The summed E-state index contributed by atoms with van der Waals surface area (Å²) in [6.45, 7) is 0. The lowest BCUT2D eigenvalue weighted by molar-refractivity contribution is 0.318. The topological polar surface area (TPSA) is 24.9 Å². The lowest BCUT2D eigenvalue weighted by Gasteiger charge is -2.25. The molecule has 3 rings (SSSR count). The molecule has 2 heteroatoms. The van der Waals surface area contributed by atoms with Crippen molar-refractivity contribution in [1.29, 1.82) is 0 Å².